The summed E-state index contributed by atoms with van der Waals surface area (Å²) in [7, 11) is 1.24. The zero-order valence-corrected chi connectivity index (χ0v) is 12.3. The summed E-state index contributed by atoms with van der Waals surface area (Å²) >= 11 is 0. The summed E-state index contributed by atoms with van der Waals surface area (Å²) in [4.78, 5) is 27.3. The van der Waals surface area contributed by atoms with Gasteiger partial charge in [-0.25, -0.2) is 14.3 Å². The minimum Gasteiger partial charge on any atom is -0.491 e. The van der Waals surface area contributed by atoms with E-state index in [9.17, 15) is 9.59 Å². The third-order valence-electron chi connectivity index (χ3n) is 2.71. The second-order valence-corrected chi connectivity index (χ2v) is 4.72. The molecule has 0 radical (unpaired) electrons. The van der Waals surface area contributed by atoms with Gasteiger partial charge in [-0.05, 0) is 26.0 Å². The van der Waals surface area contributed by atoms with Crippen molar-refractivity contribution in [1.82, 2.24) is 9.55 Å². The lowest BCUT2D eigenvalue weighted by molar-refractivity contribution is 0.0943. The van der Waals surface area contributed by atoms with Crippen LogP contribution >= 0.6 is 0 Å². The van der Waals surface area contributed by atoms with E-state index in [1.54, 1.807) is 18.2 Å². The van der Waals surface area contributed by atoms with Crippen LogP contribution in [0.4, 0.5) is 10.7 Å². The molecule has 112 valence electrons. The number of ether oxygens (including phenoxy) is 2. The largest absolute Gasteiger partial charge is 0.491 e. The Hall–Kier alpha value is -2.57. The van der Waals surface area contributed by atoms with E-state index in [2.05, 4.69) is 15.0 Å². The maximum atomic E-state index is 11.8. The average Bonchev–Trinajstić information content (AvgIpc) is 2.74. The molecule has 0 aliphatic carbocycles. The third-order valence-corrected chi connectivity index (χ3v) is 2.71. The number of anilines is 1. The standard InChI is InChI=1S/C14H17N3O4/c1-8(2)21-10-5-6-12-11(7-10)15-13(16-14(19)20-4)17(12)9(3)18/h5-8H,1-4H3,(H,15,16,19). The molecule has 21 heavy (non-hydrogen) atoms. The monoisotopic (exact) mass is 291 g/mol. The fourth-order valence-electron chi connectivity index (χ4n) is 1.95. The zero-order valence-electron chi connectivity index (χ0n) is 12.3. The quantitative estimate of drug-likeness (QED) is 0.940. The van der Waals surface area contributed by atoms with Crippen LogP contribution in [0, 0.1) is 0 Å². The minimum atomic E-state index is -0.688. The molecule has 1 aromatic heterocycles. The van der Waals surface area contributed by atoms with Crippen molar-refractivity contribution in [2.45, 2.75) is 26.9 Å². The van der Waals surface area contributed by atoms with Crippen molar-refractivity contribution in [3.05, 3.63) is 18.2 Å². The highest BCUT2D eigenvalue weighted by Crippen LogP contribution is 2.25. The van der Waals surface area contributed by atoms with E-state index in [0.29, 0.717) is 16.8 Å². The fraction of sp³-hybridized carbons (Fsp3) is 0.357. The highest BCUT2D eigenvalue weighted by molar-refractivity contribution is 5.96. The molecule has 7 nitrogen and oxygen atoms in total. The number of amides is 1. The zero-order chi connectivity index (χ0) is 15.6. The Kier molecular flexibility index (Phi) is 4.11. The van der Waals surface area contributed by atoms with E-state index < -0.39 is 6.09 Å². The number of nitrogens with one attached hydrogen (secondary N) is 1. The van der Waals surface area contributed by atoms with Gasteiger partial charge in [0, 0.05) is 13.0 Å². The topological polar surface area (TPSA) is 82.4 Å². The van der Waals surface area contributed by atoms with Crippen LogP contribution in [0.3, 0.4) is 0 Å². The van der Waals surface area contributed by atoms with E-state index in [0.717, 1.165) is 0 Å². The van der Waals surface area contributed by atoms with Gasteiger partial charge in [0.05, 0.1) is 24.2 Å². The molecule has 0 aliphatic rings. The van der Waals surface area contributed by atoms with Gasteiger partial charge >= 0.3 is 6.09 Å². The summed E-state index contributed by atoms with van der Waals surface area (Å²) in [6.45, 7) is 5.23. The summed E-state index contributed by atoms with van der Waals surface area (Å²) in [5, 5.41) is 2.42. The SMILES string of the molecule is COC(=O)Nc1nc2cc(OC(C)C)ccc2n1C(C)=O. The predicted molar refractivity (Wildman–Crippen MR) is 77.8 cm³/mol. The molecule has 1 aromatic carbocycles. The molecule has 0 unspecified atom stereocenters. The molecular weight excluding hydrogens is 274 g/mol. The van der Waals surface area contributed by atoms with Crippen molar-refractivity contribution in [2.24, 2.45) is 0 Å². The molecular formula is C14H17N3O4. The van der Waals surface area contributed by atoms with Gasteiger partial charge in [-0.1, -0.05) is 0 Å². The van der Waals surface area contributed by atoms with Crippen molar-refractivity contribution < 1.29 is 19.1 Å². The molecule has 2 rings (SSSR count). The van der Waals surface area contributed by atoms with E-state index in [1.807, 2.05) is 13.8 Å². The molecule has 0 saturated heterocycles. The lowest BCUT2D eigenvalue weighted by Crippen LogP contribution is -2.17. The Balaban J connectivity index is 2.50. The van der Waals surface area contributed by atoms with Crippen LogP contribution in [-0.2, 0) is 4.74 Å². The molecule has 7 heteroatoms. The number of benzene rings is 1. The minimum absolute atomic E-state index is 0.0324. The van der Waals surface area contributed by atoms with E-state index >= 15 is 0 Å². The van der Waals surface area contributed by atoms with Crippen molar-refractivity contribution in [2.75, 3.05) is 12.4 Å². The summed E-state index contributed by atoms with van der Waals surface area (Å²) in [5.74, 6) is 0.503. The van der Waals surface area contributed by atoms with Crippen LogP contribution in [0.5, 0.6) is 5.75 Å². The van der Waals surface area contributed by atoms with Gasteiger partial charge in [0.2, 0.25) is 11.9 Å². The second-order valence-electron chi connectivity index (χ2n) is 4.72. The van der Waals surface area contributed by atoms with Crippen LogP contribution in [-0.4, -0.2) is 34.8 Å². The first kappa shape index (κ1) is 14.8. The Morgan fingerprint density at radius 3 is 2.62 bits per heavy atom. The Morgan fingerprint density at radius 2 is 2.05 bits per heavy atom. The summed E-state index contributed by atoms with van der Waals surface area (Å²) < 4.78 is 11.4. The first-order chi connectivity index (χ1) is 9.92. The number of aromatic nitrogens is 2. The average molecular weight is 291 g/mol. The second kappa shape index (κ2) is 5.82. The number of hydrogen-bond donors (Lipinski definition) is 1. The van der Waals surface area contributed by atoms with Gasteiger partial charge in [-0.2, -0.15) is 0 Å². The van der Waals surface area contributed by atoms with Crippen molar-refractivity contribution in [1.29, 1.82) is 0 Å². The van der Waals surface area contributed by atoms with Crippen LogP contribution in [0.2, 0.25) is 0 Å². The molecule has 0 saturated carbocycles. The lowest BCUT2D eigenvalue weighted by atomic mass is 10.3. The molecule has 0 bridgehead atoms. The van der Waals surface area contributed by atoms with E-state index in [-0.39, 0.29) is 18.0 Å². The van der Waals surface area contributed by atoms with Crippen LogP contribution < -0.4 is 10.1 Å². The Morgan fingerprint density at radius 1 is 1.33 bits per heavy atom. The highest BCUT2D eigenvalue weighted by atomic mass is 16.5. The lowest BCUT2D eigenvalue weighted by Gasteiger charge is -2.09. The number of carbonyl (C=O) groups is 2. The fourth-order valence-corrected chi connectivity index (χ4v) is 1.95. The molecule has 1 N–H and O–H groups in total. The number of nitrogens with zero attached hydrogens (tertiary/aromatic N) is 2. The van der Waals surface area contributed by atoms with Crippen LogP contribution in [0.1, 0.15) is 25.6 Å². The predicted octanol–water partition coefficient (Wildman–Crippen LogP) is 2.66. The first-order valence-electron chi connectivity index (χ1n) is 6.47. The van der Waals surface area contributed by atoms with Gasteiger partial charge in [0.15, 0.2) is 0 Å². The number of rotatable bonds is 3. The van der Waals surface area contributed by atoms with Crippen LogP contribution in [0.25, 0.3) is 11.0 Å². The van der Waals surface area contributed by atoms with Gasteiger partial charge in [0.25, 0.3) is 0 Å². The van der Waals surface area contributed by atoms with Gasteiger partial charge in [-0.15, -0.1) is 0 Å². The smallest absolute Gasteiger partial charge is 0.413 e. The van der Waals surface area contributed by atoms with Gasteiger partial charge in [-0.3, -0.25) is 10.1 Å². The number of methoxy groups -OCH3 is 1. The third kappa shape index (κ3) is 3.13. The molecule has 0 atom stereocenters. The summed E-state index contributed by atoms with van der Waals surface area (Å²) in [6, 6.07) is 5.20. The molecule has 0 fully saturated rings. The number of imidazole rings is 1. The maximum Gasteiger partial charge on any atom is 0.413 e. The van der Waals surface area contributed by atoms with Gasteiger partial charge in [0.1, 0.15) is 5.75 Å². The Bertz CT molecular complexity index is 691. The van der Waals surface area contributed by atoms with Crippen molar-refractivity contribution in [3.8, 4) is 5.75 Å². The van der Waals surface area contributed by atoms with Gasteiger partial charge < -0.3 is 9.47 Å². The highest BCUT2D eigenvalue weighted by Gasteiger charge is 2.17. The van der Waals surface area contributed by atoms with Crippen LogP contribution in [0.15, 0.2) is 18.2 Å². The first-order valence-corrected chi connectivity index (χ1v) is 6.47. The number of carbonyl (C=O) groups excluding carboxylic acids is 2. The van der Waals surface area contributed by atoms with Crippen molar-refractivity contribution >= 4 is 29.0 Å². The molecule has 1 heterocycles. The Labute approximate surface area is 121 Å². The maximum absolute atomic E-state index is 11.8. The van der Waals surface area contributed by atoms with E-state index in [4.69, 9.17) is 4.74 Å². The normalized spacial score (nSPS) is 10.7. The van der Waals surface area contributed by atoms with Crippen molar-refractivity contribution in [3.63, 3.8) is 0 Å². The molecule has 1 amide bonds. The number of fused-ring (bicyclic) bond motifs is 1. The number of hydrogen-bond acceptors (Lipinski definition) is 5. The molecule has 0 aliphatic heterocycles. The summed E-state index contributed by atoms with van der Waals surface area (Å²) in [6.07, 6.45) is -0.656. The molecule has 2 aromatic rings. The molecule has 0 spiro atoms. The summed E-state index contributed by atoms with van der Waals surface area (Å²) in [5.41, 5.74) is 1.14. The van der Waals surface area contributed by atoms with E-state index in [1.165, 1.54) is 18.6 Å².